The largest absolute Gasteiger partial charge is 0.480 e. The van der Waals surface area contributed by atoms with Crippen molar-refractivity contribution >= 4 is 35.0 Å². The van der Waals surface area contributed by atoms with Gasteiger partial charge in [0.05, 0.1) is 37.1 Å². The van der Waals surface area contributed by atoms with Crippen LogP contribution in [0.25, 0.3) is 0 Å². The van der Waals surface area contributed by atoms with Crippen LogP contribution in [-0.4, -0.2) is 69.0 Å². The molecular weight excluding hydrogens is 397 g/mol. The van der Waals surface area contributed by atoms with Gasteiger partial charge in [-0.15, -0.1) is 0 Å². The highest BCUT2D eigenvalue weighted by Gasteiger charge is 2.18. The first-order chi connectivity index (χ1) is 13.5. The predicted octanol–water partition coefficient (Wildman–Crippen LogP) is 1.25. The van der Waals surface area contributed by atoms with Crippen LogP contribution in [0.1, 0.15) is 6.42 Å². The van der Waals surface area contributed by atoms with Crippen molar-refractivity contribution in [3.63, 3.8) is 0 Å². The van der Waals surface area contributed by atoms with Crippen molar-refractivity contribution in [2.24, 2.45) is 5.10 Å². The minimum absolute atomic E-state index is 0.0365. The molecule has 1 aliphatic heterocycles. The molecule has 0 saturated carbocycles. The Hall–Kier alpha value is -2.27. The summed E-state index contributed by atoms with van der Waals surface area (Å²) in [6.07, 6.45) is 0.509. The maximum atomic E-state index is 13.5. The number of halogens is 2. The molecule has 11 heteroatoms. The lowest BCUT2D eigenvalue weighted by atomic mass is 10.3. The molecule has 1 heterocycles. The Balaban J connectivity index is 1.59. The average Bonchev–Trinajstić information content (AvgIpc) is 3.10. The van der Waals surface area contributed by atoms with Crippen LogP contribution in [0, 0.1) is 5.82 Å². The summed E-state index contributed by atoms with van der Waals surface area (Å²) in [7, 11) is 0. The molecule has 1 aromatic rings. The minimum Gasteiger partial charge on any atom is -0.480 e. The normalized spacial score (nSPS) is 13.5. The van der Waals surface area contributed by atoms with E-state index in [0.717, 1.165) is 0 Å². The number of hydrogen-bond acceptors (Lipinski definition) is 7. The number of hydrazone groups is 1. The van der Waals surface area contributed by atoms with Crippen LogP contribution in [0.2, 0.25) is 5.02 Å². The fourth-order valence-electron chi connectivity index (χ4n) is 2.24. The second kappa shape index (κ2) is 11.5. The molecule has 9 nitrogen and oxygen atoms in total. The highest BCUT2D eigenvalue weighted by atomic mass is 35.5. The van der Waals surface area contributed by atoms with Crippen LogP contribution >= 0.6 is 11.6 Å². The molecule has 0 fully saturated rings. The monoisotopic (exact) mass is 417 g/mol. The fraction of sp³-hybridized carbons (Fsp3) is 0.471. The Morgan fingerprint density at radius 3 is 2.54 bits per heavy atom. The zero-order valence-corrected chi connectivity index (χ0v) is 15.8. The zero-order chi connectivity index (χ0) is 20.4. The van der Waals surface area contributed by atoms with Gasteiger partial charge in [0.15, 0.2) is 0 Å². The smallest absolute Gasteiger partial charge is 0.329 e. The number of carboxylic acid groups (broad SMARTS) is 1. The Morgan fingerprint density at radius 1 is 1.18 bits per heavy atom. The van der Waals surface area contributed by atoms with E-state index in [9.17, 15) is 14.0 Å². The lowest BCUT2D eigenvalue weighted by Gasteiger charge is -2.13. The number of amides is 1. The van der Waals surface area contributed by atoms with Crippen LogP contribution in [0.15, 0.2) is 23.3 Å². The van der Waals surface area contributed by atoms with E-state index in [4.69, 9.17) is 30.9 Å². The molecule has 1 aliphatic rings. The third-order valence-corrected chi connectivity index (χ3v) is 3.80. The molecule has 1 amide bonds. The summed E-state index contributed by atoms with van der Waals surface area (Å²) < 4.78 is 28.7. The van der Waals surface area contributed by atoms with Crippen LogP contribution in [0.3, 0.4) is 0 Å². The summed E-state index contributed by atoms with van der Waals surface area (Å²) in [5, 5.41) is 16.9. The number of nitrogens with zero attached hydrogens (tertiary/aromatic N) is 2. The summed E-state index contributed by atoms with van der Waals surface area (Å²) >= 11 is 5.66. The summed E-state index contributed by atoms with van der Waals surface area (Å²) in [5.41, 5.74) is 0.548. The van der Waals surface area contributed by atoms with Gasteiger partial charge in [0.25, 0.3) is 5.91 Å². The fourth-order valence-corrected chi connectivity index (χ4v) is 2.35. The molecular formula is C17H21ClFN3O6. The summed E-state index contributed by atoms with van der Waals surface area (Å²) in [6.45, 7) is 0.841. The van der Waals surface area contributed by atoms with E-state index in [-0.39, 0.29) is 50.6 Å². The quantitative estimate of drug-likeness (QED) is 0.521. The van der Waals surface area contributed by atoms with Gasteiger partial charge in [-0.2, -0.15) is 5.10 Å². The lowest BCUT2D eigenvalue weighted by Crippen LogP contribution is -2.33. The van der Waals surface area contributed by atoms with Gasteiger partial charge in [-0.1, -0.05) is 11.6 Å². The van der Waals surface area contributed by atoms with Gasteiger partial charge < -0.3 is 24.6 Å². The van der Waals surface area contributed by atoms with E-state index in [0.29, 0.717) is 24.5 Å². The third-order valence-electron chi connectivity index (χ3n) is 3.49. The summed E-state index contributed by atoms with van der Waals surface area (Å²) in [4.78, 5) is 22.1. The molecule has 0 unspecified atom stereocenters. The first kappa shape index (κ1) is 22.0. The van der Waals surface area contributed by atoms with Crippen molar-refractivity contribution in [2.75, 3.05) is 51.2 Å². The number of rotatable bonds is 11. The van der Waals surface area contributed by atoms with E-state index >= 15 is 0 Å². The topological polar surface area (TPSA) is 110 Å². The third kappa shape index (κ3) is 7.77. The van der Waals surface area contributed by atoms with Crippen molar-refractivity contribution in [3.05, 3.63) is 29.0 Å². The van der Waals surface area contributed by atoms with Crippen LogP contribution in [0.5, 0.6) is 0 Å². The van der Waals surface area contributed by atoms with Gasteiger partial charge in [0.1, 0.15) is 24.9 Å². The number of nitrogens with one attached hydrogen (secondary N) is 1. The Morgan fingerprint density at radius 2 is 1.86 bits per heavy atom. The standard InChI is InChI=1S/C17H21ClFN3O6/c18-13-2-1-12(9-14(13)19)22-4-3-15(21-22)20-16(23)10-27-7-5-26-6-8-28-11-17(24)25/h1-2,9H,3-8,10-11H2,(H,24,25)(H,20,21,23). The summed E-state index contributed by atoms with van der Waals surface area (Å²) in [5.74, 6) is -1.45. The van der Waals surface area contributed by atoms with Gasteiger partial charge >= 0.3 is 5.97 Å². The van der Waals surface area contributed by atoms with E-state index in [1.54, 1.807) is 11.1 Å². The van der Waals surface area contributed by atoms with Crippen LogP contribution < -0.4 is 10.3 Å². The lowest BCUT2D eigenvalue weighted by molar-refractivity contribution is -0.142. The number of amidine groups is 1. The number of ether oxygens (including phenoxy) is 3. The highest BCUT2D eigenvalue weighted by molar-refractivity contribution is 6.30. The average molecular weight is 418 g/mol. The van der Waals surface area contributed by atoms with E-state index < -0.39 is 11.8 Å². The molecule has 28 heavy (non-hydrogen) atoms. The molecule has 154 valence electrons. The van der Waals surface area contributed by atoms with Gasteiger partial charge in [-0.05, 0) is 12.1 Å². The maximum absolute atomic E-state index is 13.5. The Bertz CT molecular complexity index is 718. The molecule has 2 rings (SSSR count). The van der Waals surface area contributed by atoms with Crippen molar-refractivity contribution in [3.8, 4) is 0 Å². The number of carboxylic acids is 1. The number of hydrogen-bond donors (Lipinski definition) is 2. The molecule has 0 spiro atoms. The van der Waals surface area contributed by atoms with Crippen molar-refractivity contribution in [1.82, 2.24) is 5.32 Å². The minimum atomic E-state index is -1.04. The summed E-state index contributed by atoms with van der Waals surface area (Å²) in [6, 6.07) is 4.38. The number of aliphatic carboxylic acids is 1. The van der Waals surface area contributed by atoms with E-state index in [1.165, 1.54) is 12.1 Å². The van der Waals surface area contributed by atoms with Gasteiger partial charge in [-0.3, -0.25) is 9.80 Å². The van der Waals surface area contributed by atoms with Gasteiger partial charge in [0, 0.05) is 19.0 Å². The predicted molar refractivity (Wildman–Crippen MR) is 99.0 cm³/mol. The van der Waals surface area contributed by atoms with Crippen molar-refractivity contribution in [1.29, 1.82) is 0 Å². The molecule has 0 saturated heterocycles. The second-order valence-electron chi connectivity index (χ2n) is 5.68. The van der Waals surface area contributed by atoms with Crippen LogP contribution in [0.4, 0.5) is 10.1 Å². The zero-order valence-electron chi connectivity index (χ0n) is 15.0. The molecule has 1 aromatic carbocycles. The molecule has 2 N–H and O–H groups in total. The molecule has 0 bridgehead atoms. The van der Waals surface area contributed by atoms with E-state index in [1.807, 2.05) is 0 Å². The molecule has 0 aliphatic carbocycles. The maximum Gasteiger partial charge on any atom is 0.329 e. The first-order valence-corrected chi connectivity index (χ1v) is 8.88. The van der Waals surface area contributed by atoms with Gasteiger partial charge in [0.2, 0.25) is 0 Å². The molecule has 0 atom stereocenters. The van der Waals surface area contributed by atoms with Crippen molar-refractivity contribution < 1.29 is 33.3 Å². The Labute approximate surface area is 166 Å². The molecule has 0 radical (unpaired) electrons. The number of carbonyl (C=O) groups excluding carboxylic acids is 1. The second-order valence-corrected chi connectivity index (χ2v) is 6.08. The number of carbonyl (C=O) groups is 2. The SMILES string of the molecule is O=C(O)COCCOCCOCC(=O)NC1=NN(c2ccc(Cl)c(F)c2)CC1. The highest BCUT2D eigenvalue weighted by Crippen LogP contribution is 2.24. The molecule has 0 aromatic heterocycles. The van der Waals surface area contributed by atoms with Gasteiger partial charge in [-0.25, -0.2) is 9.18 Å². The number of anilines is 1. The van der Waals surface area contributed by atoms with E-state index in [2.05, 4.69) is 10.4 Å². The Kier molecular flexibility index (Phi) is 9.08. The number of benzene rings is 1. The van der Waals surface area contributed by atoms with Crippen LogP contribution in [-0.2, 0) is 23.8 Å². The van der Waals surface area contributed by atoms with Crippen molar-refractivity contribution in [2.45, 2.75) is 6.42 Å². The first-order valence-electron chi connectivity index (χ1n) is 8.50.